The number of aromatic nitrogens is 1. The molecule has 0 atom stereocenters. The normalized spacial score (nSPS) is 11.9. The predicted molar refractivity (Wildman–Crippen MR) is 79.6 cm³/mol. The molecule has 0 unspecified atom stereocenters. The van der Waals surface area contributed by atoms with E-state index in [1.165, 1.54) is 17.5 Å². The maximum atomic E-state index is 12.1. The van der Waals surface area contributed by atoms with E-state index in [1.807, 2.05) is 18.5 Å². The zero-order chi connectivity index (χ0) is 13.9. The lowest BCUT2D eigenvalue weighted by Gasteiger charge is -2.03. The van der Waals surface area contributed by atoms with Gasteiger partial charge in [0, 0.05) is 34.3 Å². The van der Waals surface area contributed by atoms with Gasteiger partial charge in [-0.3, -0.25) is 0 Å². The molecule has 5 nitrogen and oxygen atoms in total. The monoisotopic (exact) mass is 363 g/mol. The molecule has 2 heterocycles. The van der Waals surface area contributed by atoms with Crippen LogP contribution in [0.1, 0.15) is 10.6 Å². The molecule has 3 N–H and O–H groups in total. The van der Waals surface area contributed by atoms with Gasteiger partial charge in [0.15, 0.2) is 0 Å². The zero-order valence-electron chi connectivity index (χ0n) is 10.2. The molecule has 0 amide bonds. The lowest BCUT2D eigenvalue weighted by molar-refractivity contribution is 0.582. The Morgan fingerprint density at radius 2 is 2.21 bits per heavy atom. The van der Waals surface area contributed by atoms with E-state index >= 15 is 0 Å². The Hall–Kier alpha value is -0.670. The Bertz CT molecular complexity index is 648. The van der Waals surface area contributed by atoms with Crippen molar-refractivity contribution in [1.29, 1.82) is 0 Å². The van der Waals surface area contributed by atoms with Crippen LogP contribution in [0.25, 0.3) is 0 Å². The first-order chi connectivity index (χ1) is 9.03. The summed E-state index contributed by atoms with van der Waals surface area (Å²) < 4.78 is 27.7. The molecule has 8 heteroatoms. The van der Waals surface area contributed by atoms with Crippen LogP contribution in [-0.2, 0) is 23.1 Å². The molecule has 19 heavy (non-hydrogen) atoms. The van der Waals surface area contributed by atoms with Crippen molar-refractivity contribution < 1.29 is 8.42 Å². The van der Waals surface area contributed by atoms with Crippen LogP contribution in [-0.4, -0.2) is 20.4 Å². The first kappa shape index (κ1) is 14.7. The second-order valence-corrected chi connectivity index (χ2v) is 7.53. The van der Waals surface area contributed by atoms with Gasteiger partial charge in [-0.1, -0.05) is 0 Å². The summed E-state index contributed by atoms with van der Waals surface area (Å²) >= 11 is 4.88. The maximum Gasteiger partial charge on any atom is 0.242 e. The first-order valence-electron chi connectivity index (χ1n) is 5.56. The lowest BCUT2D eigenvalue weighted by Crippen LogP contribution is -2.22. The number of sulfonamides is 1. The van der Waals surface area contributed by atoms with E-state index in [1.54, 1.807) is 6.07 Å². The minimum absolute atomic E-state index is 0.255. The molecule has 0 fully saturated rings. The zero-order valence-corrected chi connectivity index (χ0v) is 13.5. The molecular weight excluding hydrogens is 350 g/mol. The summed E-state index contributed by atoms with van der Waals surface area (Å²) in [7, 11) is -1.67. The maximum absolute atomic E-state index is 12.1. The topological polar surface area (TPSA) is 74.0 Å². The molecule has 2 rings (SSSR count). The van der Waals surface area contributed by atoms with E-state index < -0.39 is 10.0 Å². The van der Waals surface area contributed by atoms with Crippen LogP contribution in [0.5, 0.6) is 0 Å². The Kier molecular flexibility index (Phi) is 4.80. The molecule has 0 aliphatic heterocycles. The van der Waals surface area contributed by atoms with Gasteiger partial charge in [0.2, 0.25) is 10.0 Å². The number of thiophene rings is 1. The molecule has 104 valence electrons. The van der Waals surface area contributed by atoms with Crippen LogP contribution in [0.3, 0.4) is 0 Å². The number of aromatic amines is 1. The van der Waals surface area contributed by atoms with Crippen LogP contribution in [0, 0.1) is 0 Å². The van der Waals surface area contributed by atoms with Gasteiger partial charge in [0.25, 0.3) is 0 Å². The fraction of sp³-hybridized carbons (Fsp3) is 0.273. The van der Waals surface area contributed by atoms with Crippen LogP contribution in [0.4, 0.5) is 0 Å². The third-order valence-corrected chi connectivity index (χ3v) is 5.81. The van der Waals surface area contributed by atoms with Gasteiger partial charge in [-0.2, -0.15) is 0 Å². The number of hydrogen-bond acceptors (Lipinski definition) is 4. The van der Waals surface area contributed by atoms with Crippen molar-refractivity contribution in [2.24, 2.45) is 0 Å². The van der Waals surface area contributed by atoms with Crippen molar-refractivity contribution in [1.82, 2.24) is 15.0 Å². The van der Waals surface area contributed by atoms with Crippen molar-refractivity contribution in [2.75, 3.05) is 7.05 Å². The lowest BCUT2D eigenvalue weighted by atomic mass is 10.4. The highest BCUT2D eigenvalue weighted by Crippen LogP contribution is 2.23. The minimum atomic E-state index is -3.47. The fourth-order valence-corrected chi connectivity index (χ4v) is 4.10. The summed E-state index contributed by atoms with van der Waals surface area (Å²) in [5.74, 6) is 0. The van der Waals surface area contributed by atoms with Crippen LogP contribution >= 0.6 is 27.3 Å². The Morgan fingerprint density at radius 3 is 2.84 bits per heavy atom. The average Bonchev–Trinajstić information content (AvgIpc) is 2.97. The second-order valence-electron chi connectivity index (χ2n) is 3.91. The van der Waals surface area contributed by atoms with Crippen molar-refractivity contribution in [3.63, 3.8) is 0 Å². The molecule has 0 aliphatic carbocycles. The van der Waals surface area contributed by atoms with Crippen molar-refractivity contribution in [3.8, 4) is 0 Å². The standard InChI is InChI=1S/C11H14BrN3O2S2/c1-13-5-8-4-9(6-14-8)19(16,17)15-7-11-10(12)2-3-18-11/h2-4,6,13-15H,5,7H2,1H3. The third kappa shape index (κ3) is 3.67. The molecule has 0 saturated heterocycles. The number of hydrogen-bond donors (Lipinski definition) is 3. The van der Waals surface area contributed by atoms with Crippen molar-refractivity contribution >= 4 is 37.3 Å². The summed E-state index contributed by atoms with van der Waals surface area (Å²) in [6.07, 6.45) is 1.50. The van der Waals surface area contributed by atoms with Gasteiger partial charge in [-0.05, 0) is 40.5 Å². The summed E-state index contributed by atoms with van der Waals surface area (Å²) in [5.41, 5.74) is 0.833. The van der Waals surface area contributed by atoms with Crippen LogP contribution in [0.15, 0.2) is 33.1 Å². The van der Waals surface area contributed by atoms with Gasteiger partial charge >= 0.3 is 0 Å². The molecule has 2 aromatic heterocycles. The smallest absolute Gasteiger partial charge is 0.242 e. The number of nitrogens with one attached hydrogen (secondary N) is 3. The largest absolute Gasteiger partial charge is 0.363 e. The van der Waals surface area contributed by atoms with E-state index in [9.17, 15) is 8.42 Å². The Balaban J connectivity index is 2.07. The molecule has 0 spiro atoms. The van der Waals surface area contributed by atoms with Gasteiger partial charge in [-0.25, -0.2) is 13.1 Å². The molecule has 2 aromatic rings. The average molecular weight is 364 g/mol. The molecule has 0 aliphatic rings. The molecule has 0 saturated carbocycles. The van der Waals surface area contributed by atoms with Crippen LogP contribution < -0.4 is 10.0 Å². The fourth-order valence-electron chi connectivity index (χ4n) is 1.56. The molecular formula is C11H14BrN3O2S2. The van der Waals surface area contributed by atoms with Gasteiger partial charge < -0.3 is 10.3 Å². The van der Waals surface area contributed by atoms with E-state index in [2.05, 4.69) is 31.0 Å². The van der Waals surface area contributed by atoms with E-state index in [0.717, 1.165) is 15.0 Å². The van der Waals surface area contributed by atoms with Crippen LogP contribution in [0.2, 0.25) is 0 Å². The predicted octanol–water partition coefficient (Wildman–Crippen LogP) is 2.04. The SMILES string of the molecule is CNCc1cc(S(=O)(=O)NCc2sccc2Br)c[nH]1. The summed E-state index contributed by atoms with van der Waals surface area (Å²) in [6.45, 7) is 0.888. The van der Waals surface area contributed by atoms with Gasteiger partial charge in [-0.15, -0.1) is 11.3 Å². The summed E-state index contributed by atoms with van der Waals surface area (Å²) in [4.78, 5) is 4.14. The Morgan fingerprint density at radius 1 is 1.42 bits per heavy atom. The van der Waals surface area contributed by atoms with Crippen molar-refractivity contribution in [2.45, 2.75) is 18.0 Å². The summed E-state index contributed by atoms with van der Waals surface area (Å²) in [6, 6.07) is 3.53. The highest BCUT2D eigenvalue weighted by atomic mass is 79.9. The highest BCUT2D eigenvalue weighted by Gasteiger charge is 2.16. The third-order valence-electron chi connectivity index (χ3n) is 2.51. The quantitative estimate of drug-likeness (QED) is 0.734. The Labute approximate surface area is 124 Å². The van der Waals surface area contributed by atoms with E-state index in [-0.39, 0.29) is 11.4 Å². The molecule has 0 radical (unpaired) electrons. The minimum Gasteiger partial charge on any atom is -0.363 e. The van der Waals surface area contributed by atoms with E-state index in [4.69, 9.17) is 0 Å². The number of H-pyrrole nitrogens is 1. The number of rotatable bonds is 6. The van der Waals surface area contributed by atoms with Gasteiger partial charge in [0.1, 0.15) is 0 Å². The second kappa shape index (κ2) is 6.19. The highest BCUT2D eigenvalue weighted by molar-refractivity contribution is 9.10. The molecule has 0 aromatic carbocycles. The number of halogens is 1. The van der Waals surface area contributed by atoms with Gasteiger partial charge in [0.05, 0.1) is 4.90 Å². The molecule has 0 bridgehead atoms. The summed E-state index contributed by atoms with van der Waals surface area (Å²) in [5, 5.41) is 4.87. The van der Waals surface area contributed by atoms with Crippen molar-refractivity contribution in [3.05, 3.63) is 38.8 Å². The van der Waals surface area contributed by atoms with E-state index in [0.29, 0.717) is 6.54 Å². The first-order valence-corrected chi connectivity index (χ1v) is 8.72.